The zero-order valence-electron chi connectivity index (χ0n) is 15.7. The fourth-order valence-electron chi connectivity index (χ4n) is 3.95. The minimum absolute atomic E-state index is 0.00374. The summed E-state index contributed by atoms with van der Waals surface area (Å²) in [6.45, 7) is 3.58. The van der Waals surface area contributed by atoms with E-state index in [1.54, 1.807) is 12.4 Å². The molecule has 148 valence electrons. The number of rotatable bonds is 4. The second-order valence-corrected chi connectivity index (χ2v) is 7.66. The summed E-state index contributed by atoms with van der Waals surface area (Å²) in [4.78, 5) is 20.5. The molecule has 2 fully saturated rings. The topological polar surface area (TPSA) is 48.5 Å². The number of hydrogen-bond acceptors (Lipinski definition) is 3. The number of nitrogens with one attached hydrogen (secondary N) is 1. The molecule has 0 unspecified atom stereocenters. The summed E-state index contributed by atoms with van der Waals surface area (Å²) in [5.41, 5.74) is 1.86. The van der Waals surface area contributed by atoms with Crippen molar-refractivity contribution >= 4 is 6.03 Å². The molecule has 2 amide bonds. The molecule has 0 radical (unpaired) electrons. The predicted octanol–water partition coefficient (Wildman–Crippen LogP) is 3.13. The molecule has 2 aliphatic heterocycles. The number of aromatic nitrogens is 1. The molecular formula is C21H24F2N4O. The summed E-state index contributed by atoms with van der Waals surface area (Å²) in [6, 6.07) is 7.78. The number of hydrogen-bond donors (Lipinski definition) is 1. The van der Waals surface area contributed by atoms with Gasteiger partial charge in [-0.1, -0.05) is 0 Å². The maximum atomic E-state index is 13.3. The third kappa shape index (κ3) is 4.47. The van der Waals surface area contributed by atoms with Crippen molar-refractivity contribution in [2.45, 2.75) is 31.3 Å². The summed E-state index contributed by atoms with van der Waals surface area (Å²) in [7, 11) is 0. The third-order valence-corrected chi connectivity index (χ3v) is 5.59. The van der Waals surface area contributed by atoms with Crippen molar-refractivity contribution in [2.75, 3.05) is 26.2 Å². The van der Waals surface area contributed by atoms with Crippen LogP contribution in [0, 0.1) is 11.6 Å². The van der Waals surface area contributed by atoms with Crippen LogP contribution in [-0.4, -0.2) is 53.0 Å². The quantitative estimate of drug-likeness (QED) is 0.878. The molecule has 0 aliphatic carbocycles. The number of amides is 2. The van der Waals surface area contributed by atoms with Crippen molar-refractivity contribution < 1.29 is 13.6 Å². The molecule has 28 heavy (non-hydrogen) atoms. The lowest BCUT2D eigenvalue weighted by Gasteiger charge is -2.41. The molecule has 3 heterocycles. The van der Waals surface area contributed by atoms with Crippen LogP contribution in [0.3, 0.4) is 0 Å². The van der Waals surface area contributed by atoms with Crippen LogP contribution in [0.25, 0.3) is 0 Å². The van der Waals surface area contributed by atoms with Gasteiger partial charge in [0.1, 0.15) is 11.6 Å². The van der Waals surface area contributed by atoms with Crippen LogP contribution >= 0.6 is 0 Å². The van der Waals surface area contributed by atoms with Gasteiger partial charge in [0, 0.05) is 63.1 Å². The maximum Gasteiger partial charge on any atom is 0.317 e. The summed E-state index contributed by atoms with van der Waals surface area (Å²) in [5, 5.41) is 3.12. The average molecular weight is 386 g/mol. The van der Waals surface area contributed by atoms with Crippen molar-refractivity contribution in [3.8, 4) is 0 Å². The number of nitrogens with zero attached hydrogens (tertiary/aromatic N) is 3. The minimum atomic E-state index is -0.545. The van der Waals surface area contributed by atoms with E-state index in [1.165, 1.54) is 17.7 Å². The molecule has 2 aliphatic rings. The Morgan fingerprint density at radius 2 is 1.71 bits per heavy atom. The van der Waals surface area contributed by atoms with Crippen molar-refractivity contribution in [3.63, 3.8) is 0 Å². The summed E-state index contributed by atoms with van der Waals surface area (Å²) >= 11 is 0. The van der Waals surface area contributed by atoms with Gasteiger partial charge in [0.2, 0.25) is 0 Å². The van der Waals surface area contributed by atoms with E-state index >= 15 is 0 Å². The Hall–Kier alpha value is -2.54. The molecule has 1 aromatic heterocycles. The van der Waals surface area contributed by atoms with Crippen LogP contribution < -0.4 is 5.32 Å². The molecule has 0 spiro atoms. The van der Waals surface area contributed by atoms with Gasteiger partial charge < -0.3 is 10.2 Å². The van der Waals surface area contributed by atoms with Crippen LogP contribution in [0.5, 0.6) is 0 Å². The Bertz CT molecular complexity index is 798. The summed E-state index contributed by atoms with van der Waals surface area (Å²) < 4.78 is 26.6. The smallest absolute Gasteiger partial charge is 0.317 e. The molecular weight excluding hydrogens is 362 g/mol. The van der Waals surface area contributed by atoms with Gasteiger partial charge >= 0.3 is 6.03 Å². The molecule has 0 bridgehead atoms. The van der Waals surface area contributed by atoms with Crippen LogP contribution in [0.2, 0.25) is 0 Å². The number of likely N-dealkylation sites (tertiary alicyclic amines) is 2. The number of carbonyl (C=O) groups excluding carboxylic acids is 1. The first-order valence-corrected chi connectivity index (χ1v) is 9.69. The maximum absolute atomic E-state index is 13.3. The van der Waals surface area contributed by atoms with Gasteiger partial charge in [-0.2, -0.15) is 0 Å². The van der Waals surface area contributed by atoms with Gasteiger partial charge in [0.05, 0.1) is 0 Å². The number of pyridine rings is 1. The van der Waals surface area contributed by atoms with Crippen molar-refractivity contribution in [2.24, 2.45) is 0 Å². The highest BCUT2D eigenvalue weighted by atomic mass is 19.1. The van der Waals surface area contributed by atoms with E-state index in [9.17, 15) is 13.6 Å². The standard InChI is InChI=1S/C21H24F2N4O/c22-18-9-15(10-19(23)11-18)12-26-7-3-20(4-8-26)25-21(28)27-13-17(14-27)16-1-5-24-6-2-16/h1-2,5-6,9-11,17,20H,3-4,7-8,12-14H2,(H,25,28). The molecule has 4 rings (SSSR count). The van der Waals surface area contributed by atoms with E-state index in [0.717, 1.165) is 45.1 Å². The number of urea groups is 1. The van der Waals surface area contributed by atoms with E-state index < -0.39 is 11.6 Å². The first-order chi connectivity index (χ1) is 13.6. The fraction of sp³-hybridized carbons (Fsp3) is 0.429. The SMILES string of the molecule is O=C(NC1CCN(Cc2cc(F)cc(F)c2)CC1)N1CC(c2ccncc2)C1. The largest absolute Gasteiger partial charge is 0.335 e. The van der Waals surface area contributed by atoms with Gasteiger partial charge in [-0.3, -0.25) is 9.88 Å². The normalized spacial score (nSPS) is 18.7. The first kappa shape index (κ1) is 18.8. The van der Waals surface area contributed by atoms with E-state index in [-0.39, 0.29) is 12.1 Å². The zero-order valence-corrected chi connectivity index (χ0v) is 15.7. The second-order valence-electron chi connectivity index (χ2n) is 7.66. The van der Waals surface area contributed by atoms with E-state index in [2.05, 4.69) is 15.2 Å². The van der Waals surface area contributed by atoms with E-state index in [1.807, 2.05) is 17.0 Å². The minimum Gasteiger partial charge on any atom is -0.335 e. The summed E-state index contributed by atoms with van der Waals surface area (Å²) in [6.07, 6.45) is 5.24. The fourth-order valence-corrected chi connectivity index (χ4v) is 3.95. The highest BCUT2D eigenvalue weighted by Gasteiger charge is 2.33. The molecule has 0 saturated carbocycles. The van der Waals surface area contributed by atoms with Gasteiger partial charge in [-0.15, -0.1) is 0 Å². The summed E-state index contributed by atoms with van der Waals surface area (Å²) in [5.74, 6) is -0.698. The average Bonchev–Trinajstić information content (AvgIpc) is 2.62. The van der Waals surface area contributed by atoms with Crippen molar-refractivity contribution in [1.29, 1.82) is 0 Å². The Morgan fingerprint density at radius 1 is 1.07 bits per heavy atom. The van der Waals surface area contributed by atoms with Gasteiger partial charge in [0.25, 0.3) is 0 Å². The van der Waals surface area contributed by atoms with Gasteiger partial charge in [-0.05, 0) is 48.2 Å². The Kier molecular flexibility index (Phi) is 5.52. The Labute approximate surface area is 163 Å². The van der Waals surface area contributed by atoms with Crippen LogP contribution in [0.1, 0.15) is 29.9 Å². The van der Waals surface area contributed by atoms with Gasteiger partial charge in [-0.25, -0.2) is 13.6 Å². The number of halogens is 2. The molecule has 2 aromatic rings. The molecule has 7 heteroatoms. The predicted molar refractivity (Wildman–Crippen MR) is 102 cm³/mol. The van der Waals surface area contributed by atoms with Crippen LogP contribution in [0.15, 0.2) is 42.7 Å². The van der Waals surface area contributed by atoms with Crippen LogP contribution in [0.4, 0.5) is 13.6 Å². The first-order valence-electron chi connectivity index (χ1n) is 9.69. The number of piperidine rings is 1. The highest BCUT2D eigenvalue weighted by Crippen LogP contribution is 2.26. The lowest BCUT2D eigenvalue weighted by Crippen LogP contribution is -2.55. The third-order valence-electron chi connectivity index (χ3n) is 5.59. The molecule has 5 nitrogen and oxygen atoms in total. The van der Waals surface area contributed by atoms with Crippen molar-refractivity contribution in [3.05, 3.63) is 65.5 Å². The number of carbonyl (C=O) groups is 1. The van der Waals surface area contributed by atoms with E-state index in [4.69, 9.17) is 0 Å². The van der Waals surface area contributed by atoms with Gasteiger partial charge in [0.15, 0.2) is 0 Å². The molecule has 1 aromatic carbocycles. The highest BCUT2D eigenvalue weighted by molar-refractivity contribution is 5.75. The molecule has 1 N–H and O–H groups in total. The lowest BCUT2D eigenvalue weighted by atomic mass is 9.92. The monoisotopic (exact) mass is 386 g/mol. The Morgan fingerprint density at radius 3 is 2.36 bits per heavy atom. The number of benzene rings is 1. The molecule has 0 atom stereocenters. The van der Waals surface area contributed by atoms with Crippen molar-refractivity contribution in [1.82, 2.24) is 20.1 Å². The Balaban J connectivity index is 1.20. The molecule has 2 saturated heterocycles. The van der Waals surface area contributed by atoms with E-state index in [0.29, 0.717) is 18.0 Å². The zero-order chi connectivity index (χ0) is 19.5. The van der Waals surface area contributed by atoms with Crippen LogP contribution in [-0.2, 0) is 6.54 Å². The lowest BCUT2D eigenvalue weighted by molar-refractivity contribution is 0.137. The second kappa shape index (κ2) is 8.22.